The van der Waals surface area contributed by atoms with Gasteiger partial charge in [0.2, 0.25) is 10.0 Å². The summed E-state index contributed by atoms with van der Waals surface area (Å²) >= 11 is 0. The van der Waals surface area contributed by atoms with Crippen molar-refractivity contribution in [3.05, 3.63) is 0 Å². The Kier molecular flexibility index (Phi) is 2.71. The minimum atomic E-state index is -3.33. The van der Waals surface area contributed by atoms with Crippen LogP contribution in [0.1, 0.15) is 27.7 Å². The van der Waals surface area contributed by atoms with E-state index in [0.29, 0.717) is 12.6 Å². The molecule has 0 saturated heterocycles. The van der Waals surface area contributed by atoms with Crippen molar-refractivity contribution in [3.63, 3.8) is 0 Å². The maximum atomic E-state index is 10.7. The fourth-order valence-corrected chi connectivity index (χ4v) is 2.45. The molecule has 0 aromatic rings. The van der Waals surface area contributed by atoms with Crippen LogP contribution in [0.4, 0.5) is 0 Å². The lowest BCUT2D eigenvalue weighted by molar-refractivity contribution is 0.457. The Morgan fingerprint density at radius 2 is 1.64 bits per heavy atom. The molecule has 84 valence electrons. The van der Waals surface area contributed by atoms with Crippen LogP contribution in [0.2, 0.25) is 0 Å². The molecule has 0 bridgehead atoms. The van der Waals surface area contributed by atoms with Gasteiger partial charge in [-0.3, -0.25) is 0 Å². The summed E-state index contributed by atoms with van der Waals surface area (Å²) in [5.74, 6) is 0.00958. The molecule has 0 aromatic carbocycles. The van der Waals surface area contributed by atoms with Gasteiger partial charge >= 0.3 is 0 Å². The number of nitrogens with one attached hydrogen (secondary N) is 1. The van der Waals surface area contributed by atoms with Crippen LogP contribution < -0.4 is 10.5 Å². The van der Waals surface area contributed by atoms with Crippen LogP contribution in [0.15, 0.2) is 0 Å². The first-order valence-electron chi connectivity index (χ1n) is 4.83. The highest BCUT2D eigenvalue weighted by atomic mass is 32.2. The Labute approximate surface area is 86.3 Å². The van der Waals surface area contributed by atoms with Gasteiger partial charge in [-0.05, 0) is 10.8 Å². The Morgan fingerprint density at radius 3 is 1.93 bits per heavy atom. The molecule has 0 aliphatic heterocycles. The highest BCUT2D eigenvalue weighted by Gasteiger charge is 2.64. The van der Waals surface area contributed by atoms with Gasteiger partial charge in [-0.15, -0.1) is 0 Å². The maximum Gasteiger partial charge on any atom is 0.210 e. The van der Waals surface area contributed by atoms with Crippen molar-refractivity contribution in [2.45, 2.75) is 33.7 Å². The predicted octanol–water partition coefficient (Wildman–Crippen LogP) is 0.299. The zero-order valence-electron chi connectivity index (χ0n) is 9.29. The quantitative estimate of drug-likeness (QED) is 0.715. The fraction of sp³-hybridized carbons (Fsp3) is 1.00. The van der Waals surface area contributed by atoms with Crippen LogP contribution >= 0.6 is 0 Å². The highest BCUT2D eigenvalue weighted by molar-refractivity contribution is 7.89. The van der Waals surface area contributed by atoms with Gasteiger partial charge in [0.1, 0.15) is 0 Å². The summed E-state index contributed by atoms with van der Waals surface area (Å²) in [5.41, 5.74) is 0.483. The van der Waals surface area contributed by atoms with Crippen LogP contribution in [0, 0.1) is 10.8 Å². The summed E-state index contributed by atoms with van der Waals surface area (Å²) in [6.07, 6.45) is 0. The average molecular weight is 220 g/mol. The SMILES string of the molecule is CC1(C)C(NCCS(N)(=O)=O)C1(C)C. The summed E-state index contributed by atoms with van der Waals surface area (Å²) in [7, 11) is -3.33. The molecule has 1 aliphatic rings. The molecular formula is C9H20N2O2S. The van der Waals surface area contributed by atoms with E-state index in [-0.39, 0.29) is 16.6 Å². The standard InChI is InChI=1S/C9H20N2O2S/c1-8(2)7(9(8,3)4)11-5-6-14(10,12)13/h7,11H,5-6H2,1-4H3,(H2,10,12,13). The number of sulfonamides is 1. The third-order valence-corrected chi connectivity index (χ3v) is 4.53. The molecule has 1 saturated carbocycles. The van der Waals surface area contributed by atoms with Crippen molar-refractivity contribution < 1.29 is 8.42 Å². The molecule has 0 amide bonds. The summed E-state index contributed by atoms with van der Waals surface area (Å²) in [6.45, 7) is 9.17. The summed E-state index contributed by atoms with van der Waals surface area (Å²) in [6, 6.07) is 0.386. The van der Waals surface area contributed by atoms with Crippen LogP contribution in [0.3, 0.4) is 0 Å². The molecule has 1 rings (SSSR count). The third-order valence-electron chi connectivity index (χ3n) is 3.76. The van der Waals surface area contributed by atoms with Gasteiger partial charge < -0.3 is 5.32 Å². The molecule has 5 heteroatoms. The van der Waals surface area contributed by atoms with E-state index in [2.05, 4.69) is 33.0 Å². The van der Waals surface area contributed by atoms with E-state index in [1.807, 2.05) is 0 Å². The summed E-state index contributed by atoms with van der Waals surface area (Å²) in [4.78, 5) is 0. The molecule has 3 N–H and O–H groups in total. The molecular weight excluding hydrogens is 200 g/mol. The lowest BCUT2D eigenvalue weighted by Gasteiger charge is -2.04. The van der Waals surface area contributed by atoms with Crippen molar-refractivity contribution >= 4 is 10.0 Å². The predicted molar refractivity (Wildman–Crippen MR) is 57.3 cm³/mol. The van der Waals surface area contributed by atoms with E-state index in [1.54, 1.807) is 0 Å². The highest BCUT2D eigenvalue weighted by Crippen LogP contribution is 2.62. The van der Waals surface area contributed by atoms with Gasteiger partial charge in [0.25, 0.3) is 0 Å². The Balaban J connectivity index is 2.37. The molecule has 1 fully saturated rings. The topological polar surface area (TPSA) is 72.2 Å². The zero-order chi connectivity index (χ0) is 11.2. The molecule has 4 nitrogen and oxygen atoms in total. The molecule has 1 aliphatic carbocycles. The van der Waals surface area contributed by atoms with E-state index >= 15 is 0 Å². The first-order chi connectivity index (χ1) is 6.09. The van der Waals surface area contributed by atoms with Gasteiger partial charge in [-0.1, -0.05) is 27.7 Å². The molecule has 0 spiro atoms. The van der Waals surface area contributed by atoms with E-state index < -0.39 is 10.0 Å². The Bertz CT molecular complexity index is 306. The van der Waals surface area contributed by atoms with Crippen LogP contribution in [0.5, 0.6) is 0 Å². The van der Waals surface area contributed by atoms with Gasteiger partial charge in [-0.2, -0.15) is 0 Å². The second kappa shape index (κ2) is 3.18. The zero-order valence-corrected chi connectivity index (χ0v) is 10.1. The van der Waals surface area contributed by atoms with Crippen molar-refractivity contribution in [1.82, 2.24) is 5.32 Å². The number of hydrogen-bond donors (Lipinski definition) is 2. The average Bonchev–Trinajstić information content (AvgIpc) is 2.28. The second-order valence-corrected chi connectivity index (χ2v) is 6.93. The lowest BCUT2D eigenvalue weighted by atomic mass is 10.0. The molecule has 0 atom stereocenters. The second-order valence-electron chi connectivity index (χ2n) is 5.20. The Hall–Kier alpha value is -0.130. The van der Waals surface area contributed by atoms with E-state index in [9.17, 15) is 8.42 Å². The van der Waals surface area contributed by atoms with Crippen LogP contribution in [0.25, 0.3) is 0 Å². The Morgan fingerprint density at radius 1 is 1.21 bits per heavy atom. The first-order valence-corrected chi connectivity index (χ1v) is 6.54. The maximum absolute atomic E-state index is 10.7. The number of primary sulfonamides is 1. The fourth-order valence-electron chi connectivity index (χ4n) is 2.05. The molecule has 0 unspecified atom stereocenters. The normalized spacial score (nSPS) is 24.9. The molecule has 0 aromatic heterocycles. The third kappa shape index (κ3) is 2.10. The van der Waals surface area contributed by atoms with Crippen molar-refractivity contribution in [3.8, 4) is 0 Å². The summed E-state index contributed by atoms with van der Waals surface area (Å²) < 4.78 is 21.4. The number of hydrogen-bond acceptors (Lipinski definition) is 3. The molecule has 0 radical (unpaired) electrons. The van der Waals surface area contributed by atoms with Gasteiger partial charge in [0, 0.05) is 12.6 Å². The van der Waals surface area contributed by atoms with Crippen molar-refractivity contribution in [2.24, 2.45) is 16.0 Å². The van der Waals surface area contributed by atoms with Crippen LogP contribution in [-0.4, -0.2) is 26.8 Å². The lowest BCUT2D eigenvalue weighted by Crippen LogP contribution is -2.30. The monoisotopic (exact) mass is 220 g/mol. The van der Waals surface area contributed by atoms with Crippen molar-refractivity contribution in [1.29, 1.82) is 0 Å². The van der Waals surface area contributed by atoms with E-state index in [4.69, 9.17) is 5.14 Å². The van der Waals surface area contributed by atoms with Crippen LogP contribution in [-0.2, 0) is 10.0 Å². The smallest absolute Gasteiger partial charge is 0.210 e. The van der Waals surface area contributed by atoms with Gasteiger partial charge in [0.15, 0.2) is 0 Å². The molecule has 14 heavy (non-hydrogen) atoms. The van der Waals surface area contributed by atoms with E-state index in [0.717, 1.165) is 0 Å². The summed E-state index contributed by atoms with van der Waals surface area (Å²) in [5, 5.41) is 8.14. The largest absolute Gasteiger partial charge is 0.312 e. The van der Waals surface area contributed by atoms with Gasteiger partial charge in [0.05, 0.1) is 5.75 Å². The minimum Gasteiger partial charge on any atom is -0.312 e. The molecule has 0 heterocycles. The minimum absolute atomic E-state index is 0.00958. The van der Waals surface area contributed by atoms with Crippen molar-refractivity contribution in [2.75, 3.05) is 12.3 Å². The first kappa shape index (κ1) is 11.9. The number of rotatable bonds is 4. The van der Waals surface area contributed by atoms with Gasteiger partial charge in [-0.25, -0.2) is 13.6 Å². The van der Waals surface area contributed by atoms with E-state index in [1.165, 1.54) is 0 Å². The number of nitrogens with two attached hydrogens (primary N) is 1.